The van der Waals surface area contributed by atoms with Crippen LogP contribution in [-0.2, 0) is 4.79 Å². The molecule has 0 aromatic heterocycles. The van der Waals surface area contributed by atoms with Crippen molar-refractivity contribution in [2.75, 3.05) is 36.8 Å². The average Bonchev–Trinajstić information content (AvgIpc) is 2.63. The summed E-state index contributed by atoms with van der Waals surface area (Å²) < 4.78 is 13.6. The van der Waals surface area contributed by atoms with Gasteiger partial charge in [0.25, 0.3) is 0 Å². The van der Waals surface area contributed by atoms with E-state index < -0.39 is 0 Å². The van der Waals surface area contributed by atoms with Crippen molar-refractivity contribution in [3.8, 4) is 0 Å². The highest BCUT2D eigenvalue weighted by atomic mass is 32.2. The highest BCUT2D eigenvalue weighted by Crippen LogP contribution is 2.22. The van der Waals surface area contributed by atoms with Gasteiger partial charge >= 0.3 is 0 Å². The van der Waals surface area contributed by atoms with E-state index in [9.17, 15) is 9.18 Å². The molecule has 2 aromatic carbocycles. The third kappa shape index (κ3) is 4.75. The van der Waals surface area contributed by atoms with E-state index in [0.717, 1.165) is 26.2 Å². The van der Waals surface area contributed by atoms with Crippen LogP contribution in [0.2, 0.25) is 0 Å². The summed E-state index contributed by atoms with van der Waals surface area (Å²) >= 11 is 1.41. The van der Waals surface area contributed by atoms with Gasteiger partial charge in [-0.25, -0.2) is 4.39 Å². The quantitative estimate of drug-likeness (QED) is 0.756. The van der Waals surface area contributed by atoms with Gasteiger partial charge in [0.2, 0.25) is 5.91 Å². The monoisotopic (exact) mass is 358 g/mol. The number of benzene rings is 2. The third-order valence-corrected chi connectivity index (χ3v) is 5.46. The summed E-state index contributed by atoms with van der Waals surface area (Å²) in [6, 6.07) is 15.2. The molecule has 5 heteroatoms. The minimum absolute atomic E-state index is 0.160. The van der Waals surface area contributed by atoms with E-state index in [-0.39, 0.29) is 11.7 Å². The minimum atomic E-state index is -0.216. The van der Waals surface area contributed by atoms with Crippen molar-refractivity contribution in [3.63, 3.8) is 0 Å². The van der Waals surface area contributed by atoms with E-state index in [4.69, 9.17) is 0 Å². The van der Waals surface area contributed by atoms with Crippen molar-refractivity contribution in [2.24, 2.45) is 0 Å². The van der Waals surface area contributed by atoms with Gasteiger partial charge in [-0.15, -0.1) is 11.8 Å². The number of piperazine rings is 1. The van der Waals surface area contributed by atoms with Crippen LogP contribution in [0.15, 0.2) is 53.4 Å². The lowest BCUT2D eigenvalue weighted by molar-refractivity contribution is -0.131. The lowest BCUT2D eigenvalue weighted by atomic mass is 10.2. The molecule has 1 amide bonds. The SMILES string of the molecule is Cc1cccc(N2CCN(C(=O)CCSc3ccccc3F)CC2)c1. The second-order valence-electron chi connectivity index (χ2n) is 6.24. The maximum atomic E-state index is 13.6. The number of hydrogen-bond donors (Lipinski definition) is 0. The summed E-state index contributed by atoms with van der Waals surface area (Å²) in [4.78, 5) is 17.2. The normalized spacial score (nSPS) is 14.6. The second-order valence-corrected chi connectivity index (χ2v) is 7.37. The molecule has 0 radical (unpaired) electrons. The molecule has 0 saturated carbocycles. The Hall–Kier alpha value is -2.01. The fourth-order valence-electron chi connectivity index (χ4n) is 3.01. The van der Waals surface area contributed by atoms with Crippen LogP contribution < -0.4 is 4.90 Å². The first-order valence-corrected chi connectivity index (χ1v) is 9.59. The highest BCUT2D eigenvalue weighted by molar-refractivity contribution is 7.99. The van der Waals surface area contributed by atoms with E-state index in [1.165, 1.54) is 29.1 Å². The van der Waals surface area contributed by atoms with Crippen LogP contribution in [-0.4, -0.2) is 42.7 Å². The number of rotatable bonds is 5. The molecule has 3 nitrogen and oxygen atoms in total. The number of thioether (sulfide) groups is 1. The number of hydrogen-bond acceptors (Lipinski definition) is 3. The summed E-state index contributed by atoms with van der Waals surface area (Å²) in [5, 5.41) is 0. The van der Waals surface area contributed by atoms with E-state index >= 15 is 0 Å². The summed E-state index contributed by atoms with van der Waals surface area (Å²) in [5.74, 6) is 0.553. The summed E-state index contributed by atoms with van der Waals surface area (Å²) in [5.41, 5.74) is 2.48. The first-order chi connectivity index (χ1) is 12.1. The number of carbonyl (C=O) groups is 1. The number of halogens is 1. The third-order valence-electron chi connectivity index (χ3n) is 4.41. The molecule has 0 atom stereocenters. The van der Waals surface area contributed by atoms with Gasteiger partial charge < -0.3 is 9.80 Å². The van der Waals surface area contributed by atoms with Gasteiger partial charge in [-0.05, 0) is 36.8 Å². The van der Waals surface area contributed by atoms with Gasteiger partial charge in [-0.3, -0.25) is 4.79 Å². The van der Waals surface area contributed by atoms with Crippen LogP contribution in [0.3, 0.4) is 0 Å². The van der Waals surface area contributed by atoms with Crippen LogP contribution in [0, 0.1) is 12.7 Å². The van der Waals surface area contributed by atoms with Crippen LogP contribution in [0.25, 0.3) is 0 Å². The predicted octanol–water partition coefficient (Wildman–Crippen LogP) is 3.97. The van der Waals surface area contributed by atoms with Gasteiger partial charge in [-0.1, -0.05) is 24.3 Å². The van der Waals surface area contributed by atoms with Crippen molar-refractivity contribution in [2.45, 2.75) is 18.2 Å². The molecular weight excluding hydrogens is 335 g/mol. The zero-order valence-electron chi connectivity index (χ0n) is 14.5. The largest absolute Gasteiger partial charge is 0.368 e. The molecular formula is C20H23FN2OS. The maximum absolute atomic E-state index is 13.6. The van der Waals surface area contributed by atoms with Crippen molar-refractivity contribution < 1.29 is 9.18 Å². The highest BCUT2D eigenvalue weighted by Gasteiger charge is 2.21. The topological polar surface area (TPSA) is 23.6 Å². The fraction of sp³-hybridized carbons (Fsp3) is 0.350. The van der Waals surface area contributed by atoms with Gasteiger partial charge in [0.05, 0.1) is 0 Å². The van der Waals surface area contributed by atoms with Crippen molar-refractivity contribution in [3.05, 3.63) is 59.9 Å². The zero-order chi connectivity index (χ0) is 17.6. The molecule has 1 aliphatic rings. The molecule has 0 unspecified atom stereocenters. The molecule has 0 aliphatic carbocycles. The molecule has 1 aliphatic heterocycles. The van der Waals surface area contributed by atoms with E-state index in [1.807, 2.05) is 11.0 Å². The van der Waals surface area contributed by atoms with E-state index in [2.05, 4.69) is 36.1 Å². The summed E-state index contributed by atoms with van der Waals surface area (Å²) in [6.45, 7) is 5.30. The number of nitrogens with zero attached hydrogens (tertiary/aromatic N) is 2. The van der Waals surface area contributed by atoms with Crippen molar-refractivity contribution >= 4 is 23.4 Å². The second kappa shape index (κ2) is 8.39. The van der Waals surface area contributed by atoms with Gasteiger partial charge in [0.1, 0.15) is 5.82 Å². The molecule has 25 heavy (non-hydrogen) atoms. The summed E-state index contributed by atoms with van der Waals surface area (Å²) in [6.07, 6.45) is 0.448. The number of anilines is 1. The van der Waals surface area contributed by atoms with Crippen LogP contribution in [0.1, 0.15) is 12.0 Å². The number of carbonyl (C=O) groups excluding carboxylic acids is 1. The molecule has 1 heterocycles. The molecule has 3 rings (SSSR count). The molecule has 0 spiro atoms. The Kier molecular flexibility index (Phi) is 5.97. The fourth-order valence-corrected chi connectivity index (χ4v) is 3.88. The molecule has 1 fully saturated rings. The number of aryl methyl sites for hydroxylation is 1. The van der Waals surface area contributed by atoms with Crippen molar-refractivity contribution in [1.29, 1.82) is 0 Å². The Morgan fingerprint density at radius 3 is 2.56 bits per heavy atom. The summed E-state index contributed by atoms with van der Waals surface area (Å²) in [7, 11) is 0. The predicted molar refractivity (Wildman–Crippen MR) is 102 cm³/mol. The smallest absolute Gasteiger partial charge is 0.223 e. The van der Waals surface area contributed by atoms with Gasteiger partial charge in [0, 0.05) is 48.9 Å². The number of amides is 1. The Morgan fingerprint density at radius 2 is 1.84 bits per heavy atom. The maximum Gasteiger partial charge on any atom is 0.223 e. The van der Waals surface area contributed by atoms with Gasteiger partial charge in [-0.2, -0.15) is 0 Å². The molecule has 2 aromatic rings. The van der Waals surface area contributed by atoms with Crippen LogP contribution in [0.5, 0.6) is 0 Å². The first kappa shape index (κ1) is 17.8. The Balaban J connectivity index is 1.45. The van der Waals surface area contributed by atoms with Gasteiger partial charge in [0.15, 0.2) is 0 Å². The lowest BCUT2D eigenvalue weighted by Crippen LogP contribution is -2.48. The van der Waals surface area contributed by atoms with E-state index in [0.29, 0.717) is 17.1 Å². The Morgan fingerprint density at radius 1 is 1.08 bits per heavy atom. The minimum Gasteiger partial charge on any atom is -0.368 e. The molecule has 0 bridgehead atoms. The lowest BCUT2D eigenvalue weighted by Gasteiger charge is -2.36. The standard InChI is InChI=1S/C20H23FN2OS/c1-16-5-4-6-17(15-16)22-10-12-23(13-11-22)20(24)9-14-25-19-8-3-2-7-18(19)21/h2-8,15H,9-14H2,1H3. The molecule has 132 valence electrons. The molecule has 0 N–H and O–H groups in total. The van der Waals surface area contributed by atoms with Crippen molar-refractivity contribution in [1.82, 2.24) is 4.90 Å². The first-order valence-electron chi connectivity index (χ1n) is 8.60. The average molecular weight is 358 g/mol. The van der Waals surface area contributed by atoms with Crippen LogP contribution in [0.4, 0.5) is 10.1 Å². The Bertz CT molecular complexity index is 729. The van der Waals surface area contributed by atoms with E-state index in [1.54, 1.807) is 12.1 Å². The Labute approximate surface area is 152 Å². The zero-order valence-corrected chi connectivity index (χ0v) is 15.3. The van der Waals surface area contributed by atoms with Crippen LogP contribution >= 0.6 is 11.8 Å². The molecule has 1 saturated heterocycles.